The summed E-state index contributed by atoms with van der Waals surface area (Å²) in [7, 11) is -2.10. The van der Waals surface area contributed by atoms with Gasteiger partial charge >= 0.3 is 6.03 Å². The number of carbonyl (C=O) groups is 1. The van der Waals surface area contributed by atoms with Gasteiger partial charge in [-0.15, -0.1) is 0 Å². The Bertz CT molecular complexity index is 838. The highest BCUT2D eigenvalue weighted by atomic mass is 35.5. The lowest BCUT2D eigenvalue weighted by atomic mass is 10.2. The molecule has 0 aliphatic heterocycles. The molecule has 2 amide bonds. The van der Waals surface area contributed by atoms with Crippen LogP contribution < -0.4 is 10.6 Å². The largest absolute Gasteiger partial charge is 0.337 e. The monoisotopic (exact) mass is 381 g/mol. The molecule has 0 bridgehead atoms. The molecule has 0 aromatic heterocycles. The molecule has 0 radical (unpaired) electrons. The van der Waals surface area contributed by atoms with E-state index in [0.29, 0.717) is 10.7 Å². The molecule has 0 aliphatic rings. The SMILES string of the molecule is Cc1ccc(S(=O)(=O)N(C)CCNC(=O)Nc2cccc(Cl)c2)cc1. The van der Waals surface area contributed by atoms with Gasteiger partial charge in [0.1, 0.15) is 0 Å². The Morgan fingerprint density at radius 1 is 1.16 bits per heavy atom. The van der Waals surface area contributed by atoms with E-state index in [2.05, 4.69) is 10.6 Å². The number of aryl methyl sites for hydroxylation is 1. The van der Waals surface area contributed by atoms with E-state index in [-0.39, 0.29) is 18.0 Å². The van der Waals surface area contributed by atoms with Gasteiger partial charge in [-0.05, 0) is 37.3 Å². The Balaban J connectivity index is 1.86. The molecule has 8 heteroatoms. The van der Waals surface area contributed by atoms with Crippen molar-refractivity contribution in [2.75, 3.05) is 25.5 Å². The van der Waals surface area contributed by atoms with Gasteiger partial charge in [-0.3, -0.25) is 0 Å². The van der Waals surface area contributed by atoms with E-state index >= 15 is 0 Å². The van der Waals surface area contributed by atoms with Crippen molar-refractivity contribution in [2.45, 2.75) is 11.8 Å². The predicted molar refractivity (Wildman–Crippen MR) is 99.5 cm³/mol. The number of hydrogen-bond donors (Lipinski definition) is 2. The summed E-state index contributed by atoms with van der Waals surface area (Å²) in [6, 6.07) is 13.0. The number of nitrogens with zero attached hydrogens (tertiary/aromatic N) is 1. The molecule has 0 atom stereocenters. The lowest BCUT2D eigenvalue weighted by Crippen LogP contribution is -2.37. The Hall–Kier alpha value is -2.09. The Kier molecular flexibility index (Phi) is 6.41. The maximum atomic E-state index is 12.4. The standard InChI is InChI=1S/C17H20ClN3O3S/c1-13-6-8-16(9-7-13)25(23,24)21(2)11-10-19-17(22)20-15-5-3-4-14(18)12-15/h3-9,12H,10-11H2,1-2H3,(H2,19,20,22). The minimum Gasteiger partial charge on any atom is -0.337 e. The van der Waals surface area contributed by atoms with Crippen LogP contribution in [0, 0.1) is 6.92 Å². The van der Waals surface area contributed by atoms with E-state index in [0.717, 1.165) is 5.56 Å². The fourth-order valence-electron chi connectivity index (χ4n) is 2.08. The van der Waals surface area contributed by atoms with Crippen LogP contribution in [0.3, 0.4) is 0 Å². The molecule has 0 aliphatic carbocycles. The number of carbonyl (C=O) groups excluding carboxylic acids is 1. The first-order valence-electron chi connectivity index (χ1n) is 7.62. The highest BCUT2D eigenvalue weighted by Gasteiger charge is 2.20. The van der Waals surface area contributed by atoms with E-state index in [4.69, 9.17) is 11.6 Å². The number of benzene rings is 2. The number of likely N-dealkylation sites (N-methyl/N-ethyl adjacent to an activating group) is 1. The van der Waals surface area contributed by atoms with Gasteiger partial charge < -0.3 is 10.6 Å². The molecule has 0 saturated carbocycles. The molecule has 2 rings (SSSR count). The number of nitrogens with one attached hydrogen (secondary N) is 2. The van der Waals surface area contributed by atoms with Crippen molar-refractivity contribution in [3.8, 4) is 0 Å². The summed E-state index contributed by atoms with van der Waals surface area (Å²) in [5.41, 5.74) is 1.55. The van der Waals surface area contributed by atoms with Crippen LogP contribution in [0.4, 0.5) is 10.5 Å². The summed E-state index contributed by atoms with van der Waals surface area (Å²) in [5.74, 6) is 0. The topological polar surface area (TPSA) is 78.5 Å². The van der Waals surface area contributed by atoms with E-state index in [1.807, 2.05) is 6.92 Å². The molecule has 0 fully saturated rings. The van der Waals surface area contributed by atoms with Crippen molar-refractivity contribution < 1.29 is 13.2 Å². The first-order chi connectivity index (χ1) is 11.8. The highest BCUT2D eigenvalue weighted by molar-refractivity contribution is 7.89. The molecule has 2 N–H and O–H groups in total. The van der Waals surface area contributed by atoms with E-state index in [1.54, 1.807) is 48.5 Å². The molecule has 134 valence electrons. The third kappa shape index (κ3) is 5.45. The van der Waals surface area contributed by atoms with Crippen LogP contribution in [0.1, 0.15) is 5.56 Å². The number of hydrogen-bond acceptors (Lipinski definition) is 3. The smallest absolute Gasteiger partial charge is 0.319 e. The molecule has 2 aromatic rings. The lowest BCUT2D eigenvalue weighted by molar-refractivity contribution is 0.251. The Morgan fingerprint density at radius 2 is 1.84 bits per heavy atom. The maximum absolute atomic E-state index is 12.4. The second-order valence-electron chi connectivity index (χ2n) is 5.53. The van der Waals surface area contributed by atoms with Crippen molar-refractivity contribution in [2.24, 2.45) is 0 Å². The van der Waals surface area contributed by atoms with E-state index < -0.39 is 16.1 Å². The molecule has 0 saturated heterocycles. The summed E-state index contributed by atoms with van der Waals surface area (Å²) >= 11 is 5.85. The highest BCUT2D eigenvalue weighted by Crippen LogP contribution is 2.15. The average molecular weight is 382 g/mol. The molecular weight excluding hydrogens is 362 g/mol. The third-order valence-corrected chi connectivity index (χ3v) is 5.63. The zero-order valence-corrected chi connectivity index (χ0v) is 15.6. The minimum atomic E-state index is -3.57. The van der Waals surface area contributed by atoms with Crippen molar-refractivity contribution >= 4 is 33.3 Å². The fourth-order valence-corrected chi connectivity index (χ4v) is 3.44. The number of urea groups is 1. The van der Waals surface area contributed by atoms with Crippen LogP contribution >= 0.6 is 11.6 Å². The first-order valence-corrected chi connectivity index (χ1v) is 9.44. The quantitative estimate of drug-likeness (QED) is 0.807. The Morgan fingerprint density at radius 3 is 2.48 bits per heavy atom. The van der Waals surface area contributed by atoms with Crippen LogP contribution in [0.2, 0.25) is 5.02 Å². The minimum absolute atomic E-state index is 0.152. The molecule has 0 heterocycles. The van der Waals surface area contributed by atoms with Crippen LogP contribution in [0.5, 0.6) is 0 Å². The van der Waals surface area contributed by atoms with Crippen LogP contribution in [0.15, 0.2) is 53.4 Å². The van der Waals surface area contributed by atoms with Crippen LogP contribution in [0.25, 0.3) is 0 Å². The molecular formula is C17H20ClN3O3S. The zero-order chi connectivity index (χ0) is 18.4. The van der Waals surface area contributed by atoms with Crippen molar-refractivity contribution in [3.05, 3.63) is 59.1 Å². The van der Waals surface area contributed by atoms with Crippen molar-refractivity contribution in [3.63, 3.8) is 0 Å². The maximum Gasteiger partial charge on any atom is 0.319 e. The van der Waals surface area contributed by atoms with Crippen LogP contribution in [-0.2, 0) is 10.0 Å². The van der Waals surface area contributed by atoms with Gasteiger partial charge in [-0.25, -0.2) is 13.2 Å². The third-order valence-electron chi connectivity index (χ3n) is 3.52. The Labute approximate surface area is 152 Å². The number of rotatable bonds is 6. The molecule has 25 heavy (non-hydrogen) atoms. The van der Waals surface area contributed by atoms with Gasteiger partial charge in [0.05, 0.1) is 4.90 Å². The second kappa shape index (κ2) is 8.33. The molecule has 6 nitrogen and oxygen atoms in total. The summed E-state index contributed by atoms with van der Waals surface area (Å²) < 4.78 is 26.1. The lowest BCUT2D eigenvalue weighted by Gasteiger charge is -2.17. The summed E-state index contributed by atoms with van der Waals surface area (Å²) in [6.45, 7) is 2.22. The number of sulfonamides is 1. The van der Waals surface area contributed by atoms with Crippen LogP contribution in [-0.4, -0.2) is 38.9 Å². The van der Waals surface area contributed by atoms with E-state index in [9.17, 15) is 13.2 Å². The second-order valence-corrected chi connectivity index (χ2v) is 8.01. The van der Waals surface area contributed by atoms with Gasteiger partial charge in [-0.1, -0.05) is 35.4 Å². The van der Waals surface area contributed by atoms with Crippen molar-refractivity contribution in [1.82, 2.24) is 9.62 Å². The predicted octanol–water partition coefficient (Wildman–Crippen LogP) is 3.09. The molecule has 0 spiro atoms. The van der Waals surface area contributed by atoms with Gasteiger partial charge in [-0.2, -0.15) is 4.31 Å². The van der Waals surface area contributed by atoms with E-state index in [1.165, 1.54) is 11.4 Å². The van der Waals surface area contributed by atoms with Gasteiger partial charge in [0.25, 0.3) is 0 Å². The summed E-state index contributed by atoms with van der Waals surface area (Å²) in [6.07, 6.45) is 0. The van der Waals surface area contributed by atoms with Gasteiger partial charge in [0.2, 0.25) is 10.0 Å². The average Bonchev–Trinajstić information content (AvgIpc) is 2.55. The first kappa shape index (κ1) is 19.2. The number of anilines is 1. The fraction of sp³-hybridized carbons (Fsp3) is 0.235. The van der Waals surface area contributed by atoms with Gasteiger partial charge in [0.15, 0.2) is 0 Å². The molecule has 2 aromatic carbocycles. The molecule has 0 unspecified atom stereocenters. The van der Waals surface area contributed by atoms with Gasteiger partial charge in [0, 0.05) is 30.8 Å². The summed E-state index contributed by atoms with van der Waals surface area (Å²) in [4.78, 5) is 12.1. The normalized spacial score (nSPS) is 11.4. The zero-order valence-electron chi connectivity index (χ0n) is 14.0. The van der Waals surface area contributed by atoms with Crippen molar-refractivity contribution in [1.29, 1.82) is 0 Å². The number of halogens is 1. The summed E-state index contributed by atoms with van der Waals surface area (Å²) in [5, 5.41) is 5.76. The number of amides is 2.